The lowest BCUT2D eigenvalue weighted by atomic mass is 10.1. The molecule has 0 aliphatic rings. The maximum absolute atomic E-state index is 9.09. The lowest BCUT2D eigenvalue weighted by Gasteiger charge is -2.25. The zero-order valence-corrected chi connectivity index (χ0v) is 11.2. The first kappa shape index (κ1) is 15.8. The van der Waals surface area contributed by atoms with Crippen molar-refractivity contribution in [1.29, 1.82) is 0 Å². The second-order valence-corrected chi connectivity index (χ2v) is 4.64. The summed E-state index contributed by atoms with van der Waals surface area (Å²) in [6.45, 7) is 8.49. The number of ether oxygens (including phenoxy) is 1. The number of likely N-dealkylation sites (N-methyl/N-ethyl adjacent to an activating group) is 1. The van der Waals surface area contributed by atoms with E-state index in [-0.39, 0.29) is 12.6 Å². The first-order chi connectivity index (χ1) is 7.63. The fourth-order valence-electron chi connectivity index (χ4n) is 1.70. The van der Waals surface area contributed by atoms with Crippen molar-refractivity contribution in [1.82, 2.24) is 10.2 Å². The van der Waals surface area contributed by atoms with Gasteiger partial charge in [0.25, 0.3) is 0 Å². The van der Waals surface area contributed by atoms with E-state index >= 15 is 0 Å². The van der Waals surface area contributed by atoms with Crippen LogP contribution in [-0.2, 0) is 4.74 Å². The van der Waals surface area contributed by atoms with E-state index in [1.165, 1.54) is 0 Å². The molecule has 1 unspecified atom stereocenters. The van der Waals surface area contributed by atoms with Gasteiger partial charge >= 0.3 is 0 Å². The van der Waals surface area contributed by atoms with E-state index in [9.17, 15) is 0 Å². The number of methoxy groups -OCH3 is 1. The quantitative estimate of drug-likeness (QED) is 0.578. The minimum absolute atomic E-state index is 0.205. The summed E-state index contributed by atoms with van der Waals surface area (Å²) in [5.74, 6) is 0.666. The average Bonchev–Trinajstić information content (AvgIpc) is 2.26. The largest absolute Gasteiger partial charge is 0.395 e. The molecular formula is C12H28N2O2. The third-order valence-corrected chi connectivity index (χ3v) is 2.66. The van der Waals surface area contributed by atoms with E-state index in [1.54, 1.807) is 7.11 Å². The van der Waals surface area contributed by atoms with E-state index in [1.807, 2.05) is 7.05 Å². The van der Waals surface area contributed by atoms with Crippen molar-refractivity contribution < 1.29 is 9.84 Å². The number of rotatable bonds is 10. The van der Waals surface area contributed by atoms with Gasteiger partial charge in [0.1, 0.15) is 0 Å². The van der Waals surface area contributed by atoms with Crippen molar-refractivity contribution in [3.05, 3.63) is 0 Å². The highest BCUT2D eigenvalue weighted by Gasteiger charge is 2.10. The zero-order chi connectivity index (χ0) is 12.4. The summed E-state index contributed by atoms with van der Waals surface area (Å²) < 4.78 is 5.11. The Labute approximate surface area is 100.0 Å². The molecule has 0 saturated heterocycles. The molecular weight excluding hydrogens is 204 g/mol. The van der Waals surface area contributed by atoms with Crippen LogP contribution in [0.15, 0.2) is 0 Å². The summed E-state index contributed by atoms with van der Waals surface area (Å²) in [7, 11) is 3.63. The van der Waals surface area contributed by atoms with E-state index in [2.05, 4.69) is 24.1 Å². The van der Waals surface area contributed by atoms with Crippen LogP contribution in [-0.4, -0.2) is 63.1 Å². The number of hydrogen-bond donors (Lipinski definition) is 2. The van der Waals surface area contributed by atoms with Gasteiger partial charge in [-0.3, -0.25) is 0 Å². The normalized spacial score (nSPS) is 13.7. The summed E-state index contributed by atoms with van der Waals surface area (Å²) in [5.41, 5.74) is 0. The fourth-order valence-corrected chi connectivity index (χ4v) is 1.70. The maximum atomic E-state index is 9.09. The van der Waals surface area contributed by atoms with Gasteiger partial charge in [0.15, 0.2) is 0 Å². The number of aliphatic hydroxyl groups is 1. The second-order valence-electron chi connectivity index (χ2n) is 4.64. The van der Waals surface area contributed by atoms with Gasteiger partial charge in [0, 0.05) is 26.2 Å². The van der Waals surface area contributed by atoms with Crippen LogP contribution in [0.3, 0.4) is 0 Å². The molecule has 4 nitrogen and oxygen atoms in total. The summed E-state index contributed by atoms with van der Waals surface area (Å²) in [4.78, 5) is 2.40. The van der Waals surface area contributed by atoms with Gasteiger partial charge in [-0.15, -0.1) is 0 Å². The summed E-state index contributed by atoms with van der Waals surface area (Å²) in [6, 6.07) is 0.206. The molecule has 4 heteroatoms. The smallest absolute Gasteiger partial charge is 0.0589 e. The van der Waals surface area contributed by atoms with Gasteiger partial charge in [-0.25, -0.2) is 0 Å². The van der Waals surface area contributed by atoms with Crippen LogP contribution in [0.4, 0.5) is 0 Å². The fraction of sp³-hybridized carbons (Fsp3) is 1.00. The van der Waals surface area contributed by atoms with Crippen molar-refractivity contribution in [3.8, 4) is 0 Å². The van der Waals surface area contributed by atoms with E-state index in [0.717, 1.165) is 32.7 Å². The molecule has 0 fully saturated rings. The predicted octanol–water partition coefficient (Wildman–Crippen LogP) is 0.561. The number of nitrogens with zero attached hydrogens (tertiary/aromatic N) is 1. The number of nitrogens with one attached hydrogen (secondary N) is 1. The summed E-state index contributed by atoms with van der Waals surface area (Å²) in [5, 5.41) is 12.2. The van der Waals surface area contributed by atoms with E-state index in [0.29, 0.717) is 5.92 Å². The Bertz CT molecular complexity index is 150. The van der Waals surface area contributed by atoms with Crippen LogP contribution in [0.2, 0.25) is 0 Å². The molecule has 0 aromatic rings. The van der Waals surface area contributed by atoms with Crippen LogP contribution < -0.4 is 5.32 Å². The number of hydrogen-bond acceptors (Lipinski definition) is 4. The molecule has 0 bridgehead atoms. The van der Waals surface area contributed by atoms with Crippen LogP contribution in [0.5, 0.6) is 0 Å². The van der Waals surface area contributed by atoms with Gasteiger partial charge in [0.05, 0.1) is 13.2 Å². The minimum Gasteiger partial charge on any atom is -0.395 e. The molecule has 0 radical (unpaired) electrons. The van der Waals surface area contributed by atoms with Crippen LogP contribution >= 0.6 is 0 Å². The molecule has 0 amide bonds. The highest BCUT2D eigenvalue weighted by Crippen LogP contribution is 2.01. The van der Waals surface area contributed by atoms with Gasteiger partial charge < -0.3 is 20.1 Å². The predicted molar refractivity (Wildman–Crippen MR) is 67.7 cm³/mol. The van der Waals surface area contributed by atoms with E-state index < -0.39 is 0 Å². The summed E-state index contributed by atoms with van der Waals surface area (Å²) >= 11 is 0. The number of aliphatic hydroxyl groups excluding tert-OH is 1. The monoisotopic (exact) mass is 232 g/mol. The lowest BCUT2D eigenvalue weighted by molar-refractivity contribution is 0.133. The molecule has 0 heterocycles. The average molecular weight is 232 g/mol. The van der Waals surface area contributed by atoms with Crippen molar-refractivity contribution >= 4 is 0 Å². The molecule has 0 aliphatic carbocycles. The van der Waals surface area contributed by atoms with Crippen LogP contribution in [0, 0.1) is 5.92 Å². The molecule has 0 aromatic carbocycles. The van der Waals surface area contributed by atoms with Crippen molar-refractivity contribution in [2.45, 2.75) is 26.3 Å². The molecule has 0 aromatic heterocycles. The standard InChI is InChI=1S/C12H28N2O2/c1-11(2)9-14(7-8-16-4)6-5-12(10-15)13-3/h11-13,15H,5-10H2,1-4H3. The Morgan fingerprint density at radius 3 is 2.44 bits per heavy atom. The Morgan fingerprint density at radius 1 is 1.31 bits per heavy atom. The van der Waals surface area contributed by atoms with E-state index in [4.69, 9.17) is 9.84 Å². The Kier molecular flexibility index (Phi) is 9.92. The van der Waals surface area contributed by atoms with Gasteiger partial charge in [-0.05, 0) is 25.9 Å². The minimum atomic E-state index is 0.205. The van der Waals surface area contributed by atoms with Crippen molar-refractivity contribution in [3.63, 3.8) is 0 Å². The third kappa shape index (κ3) is 8.05. The van der Waals surface area contributed by atoms with Crippen molar-refractivity contribution in [2.24, 2.45) is 5.92 Å². The molecule has 98 valence electrons. The second kappa shape index (κ2) is 10.0. The lowest BCUT2D eigenvalue weighted by Crippen LogP contribution is -2.37. The van der Waals surface area contributed by atoms with Gasteiger partial charge in [0.2, 0.25) is 0 Å². The SMILES string of the molecule is CNC(CO)CCN(CCOC)CC(C)C. The molecule has 0 rings (SSSR count). The summed E-state index contributed by atoms with van der Waals surface area (Å²) in [6.07, 6.45) is 0.976. The van der Waals surface area contributed by atoms with Gasteiger partial charge in [-0.1, -0.05) is 13.8 Å². The molecule has 2 N–H and O–H groups in total. The molecule has 16 heavy (non-hydrogen) atoms. The van der Waals surface area contributed by atoms with Crippen LogP contribution in [0.25, 0.3) is 0 Å². The molecule has 0 aliphatic heterocycles. The molecule has 0 saturated carbocycles. The third-order valence-electron chi connectivity index (χ3n) is 2.66. The first-order valence-electron chi connectivity index (χ1n) is 6.13. The maximum Gasteiger partial charge on any atom is 0.0589 e. The van der Waals surface area contributed by atoms with Crippen molar-refractivity contribution in [2.75, 3.05) is 47.0 Å². The zero-order valence-electron chi connectivity index (χ0n) is 11.2. The highest BCUT2D eigenvalue weighted by molar-refractivity contribution is 4.67. The highest BCUT2D eigenvalue weighted by atomic mass is 16.5. The Morgan fingerprint density at radius 2 is 2.00 bits per heavy atom. The molecule has 1 atom stereocenters. The van der Waals surface area contributed by atoms with Crippen LogP contribution in [0.1, 0.15) is 20.3 Å². The topological polar surface area (TPSA) is 44.7 Å². The Hall–Kier alpha value is -0.160. The Balaban J connectivity index is 3.89. The first-order valence-corrected chi connectivity index (χ1v) is 6.13. The van der Waals surface area contributed by atoms with Gasteiger partial charge in [-0.2, -0.15) is 0 Å². The molecule has 0 spiro atoms.